The summed E-state index contributed by atoms with van der Waals surface area (Å²) in [6.45, 7) is 1.96. The number of aryl methyl sites for hydroxylation is 1. The van der Waals surface area contributed by atoms with Gasteiger partial charge in [-0.2, -0.15) is 0 Å². The van der Waals surface area contributed by atoms with Crippen molar-refractivity contribution in [1.82, 2.24) is 4.98 Å². The molecule has 0 spiro atoms. The minimum absolute atomic E-state index is 0.154. The molecule has 4 rings (SSSR count). The summed E-state index contributed by atoms with van der Waals surface area (Å²) in [5.41, 5.74) is 4.68. The van der Waals surface area contributed by atoms with Crippen molar-refractivity contribution in [3.63, 3.8) is 0 Å². The van der Waals surface area contributed by atoms with E-state index in [0.717, 1.165) is 36.0 Å². The Bertz CT molecular complexity index is 1140. The fourth-order valence-electron chi connectivity index (χ4n) is 2.75. The fourth-order valence-corrected chi connectivity index (χ4v) is 3.69. The van der Waals surface area contributed by atoms with Crippen molar-refractivity contribution in [2.45, 2.75) is 6.92 Å². The van der Waals surface area contributed by atoms with Crippen LogP contribution in [0.4, 0.5) is 5.69 Å². The molecular weight excluding hydrogens is 519 g/mol. The molecule has 134 valence electrons. The Morgan fingerprint density at radius 1 is 1.11 bits per heavy atom. The molecule has 4 aromatic rings. The van der Waals surface area contributed by atoms with Gasteiger partial charge in [-0.1, -0.05) is 34.1 Å². The SMILES string of the molecule is Cc1ccc(-c2nc3ccccc3o2)cc1NC(=O)c1cc(Br)ccc1I. The van der Waals surface area contributed by atoms with Crippen LogP contribution >= 0.6 is 38.5 Å². The van der Waals surface area contributed by atoms with Gasteiger partial charge in [-0.3, -0.25) is 4.79 Å². The van der Waals surface area contributed by atoms with Crippen LogP contribution in [0, 0.1) is 10.5 Å². The molecule has 1 amide bonds. The summed E-state index contributed by atoms with van der Waals surface area (Å²) in [7, 11) is 0. The van der Waals surface area contributed by atoms with Gasteiger partial charge in [-0.05, 0) is 77.5 Å². The molecule has 1 aromatic heterocycles. The minimum Gasteiger partial charge on any atom is -0.436 e. The standard InChI is InChI=1S/C21H14BrIN2O2/c1-12-6-7-13(21-25-17-4-2-3-5-19(17)27-21)10-18(12)24-20(26)15-11-14(22)8-9-16(15)23/h2-11H,1H3,(H,24,26). The van der Waals surface area contributed by atoms with E-state index in [1.165, 1.54) is 0 Å². The summed E-state index contributed by atoms with van der Waals surface area (Å²) in [4.78, 5) is 17.3. The van der Waals surface area contributed by atoms with Crippen molar-refractivity contribution < 1.29 is 9.21 Å². The number of aromatic nitrogens is 1. The zero-order valence-electron chi connectivity index (χ0n) is 14.3. The van der Waals surface area contributed by atoms with E-state index in [1.807, 2.05) is 67.6 Å². The average Bonchev–Trinajstić information content (AvgIpc) is 3.09. The van der Waals surface area contributed by atoms with Gasteiger partial charge in [0.05, 0.1) is 5.56 Å². The second-order valence-electron chi connectivity index (χ2n) is 6.09. The first kappa shape index (κ1) is 18.2. The number of hydrogen-bond acceptors (Lipinski definition) is 3. The normalized spacial score (nSPS) is 10.9. The van der Waals surface area contributed by atoms with Crippen molar-refractivity contribution in [2.75, 3.05) is 5.32 Å². The van der Waals surface area contributed by atoms with Crippen LogP contribution in [0.5, 0.6) is 0 Å². The van der Waals surface area contributed by atoms with E-state index >= 15 is 0 Å². The Hall–Kier alpha value is -2.19. The number of benzene rings is 3. The number of fused-ring (bicyclic) bond motifs is 1. The molecule has 3 aromatic carbocycles. The van der Waals surface area contributed by atoms with Gasteiger partial charge in [-0.15, -0.1) is 0 Å². The van der Waals surface area contributed by atoms with Crippen molar-refractivity contribution >= 4 is 61.2 Å². The first-order chi connectivity index (χ1) is 13.0. The van der Waals surface area contributed by atoms with E-state index in [2.05, 4.69) is 48.8 Å². The second kappa shape index (κ2) is 7.44. The minimum atomic E-state index is -0.154. The van der Waals surface area contributed by atoms with E-state index in [-0.39, 0.29) is 5.91 Å². The van der Waals surface area contributed by atoms with E-state index < -0.39 is 0 Å². The van der Waals surface area contributed by atoms with Crippen molar-refractivity contribution in [2.24, 2.45) is 0 Å². The maximum Gasteiger partial charge on any atom is 0.256 e. The molecule has 0 saturated carbocycles. The van der Waals surface area contributed by atoms with Crippen LogP contribution < -0.4 is 5.32 Å². The Morgan fingerprint density at radius 3 is 2.74 bits per heavy atom. The van der Waals surface area contributed by atoms with Gasteiger partial charge in [0.2, 0.25) is 5.89 Å². The number of carbonyl (C=O) groups is 1. The number of halogens is 2. The second-order valence-corrected chi connectivity index (χ2v) is 8.17. The molecule has 0 bridgehead atoms. The molecule has 0 radical (unpaired) electrons. The molecule has 1 N–H and O–H groups in total. The number of para-hydroxylation sites is 2. The smallest absolute Gasteiger partial charge is 0.256 e. The number of rotatable bonds is 3. The quantitative estimate of drug-likeness (QED) is 0.310. The van der Waals surface area contributed by atoms with Crippen LogP contribution in [0.3, 0.4) is 0 Å². The molecule has 1 heterocycles. The third kappa shape index (κ3) is 3.77. The van der Waals surface area contributed by atoms with E-state index in [1.54, 1.807) is 0 Å². The van der Waals surface area contributed by atoms with E-state index in [0.29, 0.717) is 11.5 Å². The van der Waals surface area contributed by atoms with Crippen LogP contribution in [0.15, 0.2) is 69.6 Å². The summed E-state index contributed by atoms with van der Waals surface area (Å²) in [6, 6.07) is 19.1. The number of oxazole rings is 1. The van der Waals surface area contributed by atoms with Gasteiger partial charge < -0.3 is 9.73 Å². The average molecular weight is 533 g/mol. The molecule has 0 aliphatic heterocycles. The third-order valence-corrected chi connectivity index (χ3v) is 5.63. The monoisotopic (exact) mass is 532 g/mol. The topological polar surface area (TPSA) is 55.1 Å². The van der Waals surface area contributed by atoms with Gasteiger partial charge in [0.1, 0.15) is 5.52 Å². The highest BCUT2D eigenvalue weighted by Crippen LogP contribution is 2.28. The molecular formula is C21H14BrIN2O2. The maximum absolute atomic E-state index is 12.8. The van der Waals surface area contributed by atoms with Crippen LogP contribution in [0.25, 0.3) is 22.6 Å². The highest BCUT2D eigenvalue weighted by molar-refractivity contribution is 14.1. The molecule has 6 heteroatoms. The van der Waals surface area contributed by atoms with Crippen molar-refractivity contribution in [3.05, 3.63) is 79.8 Å². The summed E-state index contributed by atoms with van der Waals surface area (Å²) in [5.74, 6) is 0.377. The molecule has 0 aliphatic carbocycles. The van der Waals surface area contributed by atoms with E-state index in [4.69, 9.17) is 4.42 Å². The first-order valence-corrected chi connectivity index (χ1v) is 10.1. The number of carbonyl (C=O) groups excluding carboxylic acids is 1. The zero-order valence-corrected chi connectivity index (χ0v) is 18.0. The maximum atomic E-state index is 12.8. The summed E-state index contributed by atoms with van der Waals surface area (Å²) < 4.78 is 7.60. The lowest BCUT2D eigenvalue weighted by molar-refractivity contribution is 0.102. The van der Waals surface area contributed by atoms with Gasteiger partial charge in [0, 0.05) is 19.3 Å². The summed E-state index contributed by atoms with van der Waals surface area (Å²) >= 11 is 5.58. The van der Waals surface area contributed by atoms with Gasteiger partial charge >= 0.3 is 0 Å². The molecule has 0 aliphatic rings. The molecule has 0 atom stereocenters. The lowest BCUT2D eigenvalue weighted by Gasteiger charge is -2.11. The van der Waals surface area contributed by atoms with Crippen LogP contribution in [-0.2, 0) is 0 Å². The molecule has 4 nitrogen and oxygen atoms in total. The van der Waals surface area contributed by atoms with Gasteiger partial charge in [0.25, 0.3) is 5.91 Å². The third-order valence-electron chi connectivity index (χ3n) is 4.20. The van der Waals surface area contributed by atoms with Crippen molar-refractivity contribution in [1.29, 1.82) is 0 Å². The van der Waals surface area contributed by atoms with Crippen LogP contribution in [-0.4, -0.2) is 10.9 Å². The number of hydrogen-bond donors (Lipinski definition) is 1. The zero-order chi connectivity index (χ0) is 19.0. The molecule has 0 unspecified atom stereocenters. The van der Waals surface area contributed by atoms with E-state index in [9.17, 15) is 4.79 Å². The Kier molecular flexibility index (Phi) is 5.01. The Balaban J connectivity index is 1.68. The lowest BCUT2D eigenvalue weighted by Crippen LogP contribution is -2.14. The largest absolute Gasteiger partial charge is 0.436 e. The Labute approximate surface area is 178 Å². The van der Waals surface area contributed by atoms with Crippen molar-refractivity contribution in [3.8, 4) is 11.5 Å². The fraction of sp³-hybridized carbons (Fsp3) is 0.0476. The molecule has 0 saturated heterocycles. The van der Waals surface area contributed by atoms with Gasteiger partial charge in [0.15, 0.2) is 5.58 Å². The predicted octanol–water partition coefficient (Wildman–Crippen LogP) is 6.42. The predicted molar refractivity (Wildman–Crippen MR) is 119 cm³/mol. The number of nitrogens with one attached hydrogen (secondary N) is 1. The number of anilines is 1. The first-order valence-electron chi connectivity index (χ1n) is 8.24. The number of amides is 1. The highest BCUT2D eigenvalue weighted by atomic mass is 127. The number of nitrogens with zero attached hydrogens (tertiary/aromatic N) is 1. The molecule has 27 heavy (non-hydrogen) atoms. The Morgan fingerprint density at radius 2 is 1.93 bits per heavy atom. The molecule has 0 fully saturated rings. The highest BCUT2D eigenvalue weighted by Gasteiger charge is 2.14. The summed E-state index contributed by atoms with van der Waals surface area (Å²) in [5, 5.41) is 3.00. The van der Waals surface area contributed by atoms with Crippen LogP contribution in [0.2, 0.25) is 0 Å². The van der Waals surface area contributed by atoms with Crippen LogP contribution in [0.1, 0.15) is 15.9 Å². The summed E-state index contributed by atoms with van der Waals surface area (Å²) in [6.07, 6.45) is 0. The lowest BCUT2D eigenvalue weighted by atomic mass is 10.1. The van der Waals surface area contributed by atoms with Gasteiger partial charge in [-0.25, -0.2) is 4.98 Å².